The molecule has 0 atom stereocenters. The van der Waals surface area contributed by atoms with E-state index in [-0.39, 0.29) is 0 Å². The SMILES string of the molecule is CC[CH]c1c(CCCC)cc(CCCC)cc1CCCC. The van der Waals surface area contributed by atoms with E-state index in [4.69, 9.17) is 0 Å². The molecule has 1 aromatic rings. The molecule has 0 fully saturated rings. The van der Waals surface area contributed by atoms with Crippen molar-refractivity contribution in [1.29, 1.82) is 0 Å². The summed E-state index contributed by atoms with van der Waals surface area (Å²) < 4.78 is 0. The Morgan fingerprint density at radius 1 is 0.714 bits per heavy atom. The Hall–Kier alpha value is -0.780. The van der Waals surface area contributed by atoms with Crippen LogP contribution in [-0.2, 0) is 19.3 Å². The van der Waals surface area contributed by atoms with Crippen LogP contribution in [0.25, 0.3) is 0 Å². The average Bonchev–Trinajstić information content (AvgIpc) is 2.50. The Morgan fingerprint density at radius 3 is 1.62 bits per heavy atom. The zero-order chi connectivity index (χ0) is 15.5. The van der Waals surface area contributed by atoms with Gasteiger partial charge in [-0.2, -0.15) is 0 Å². The molecule has 1 aromatic carbocycles. The van der Waals surface area contributed by atoms with Gasteiger partial charge in [-0.1, -0.05) is 59.1 Å². The van der Waals surface area contributed by atoms with E-state index in [1.807, 2.05) is 0 Å². The standard InChI is InChI=1S/C21H35/c1-5-9-13-18-16-19(14-10-6-2)21(12-8-4)20(17-18)15-11-7-3/h12,16-17H,5-11,13-15H2,1-4H3. The second-order valence-electron chi connectivity index (χ2n) is 6.25. The van der Waals surface area contributed by atoms with Crippen molar-refractivity contribution < 1.29 is 0 Å². The van der Waals surface area contributed by atoms with Gasteiger partial charge >= 0.3 is 0 Å². The maximum absolute atomic E-state index is 2.50. The first-order valence-electron chi connectivity index (χ1n) is 9.24. The third-order valence-corrected chi connectivity index (χ3v) is 4.24. The van der Waals surface area contributed by atoms with Crippen LogP contribution >= 0.6 is 0 Å². The van der Waals surface area contributed by atoms with Crippen molar-refractivity contribution in [2.45, 2.75) is 91.9 Å². The molecule has 0 heteroatoms. The third-order valence-electron chi connectivity index (χ3n) is 4.24. The summed E-state index contributed by atoms with van der Waals surface area (Å²) in [5.41, 5.74) is 6.36. The van der Waals surface area contributed by atoms with Crippen LogP contribution in [0, 0.1) is 6.42 Å². The summed E-state index contributed by atoms with van der Waals surface area (Å²) in [6.07, 6.45) is 15.2. The molecule has 0 aliphatic rings. The minimum Gasteiger partial charge on any atom is -0.0654 e. The number of hydrogen-bond acceptors (Lipinski definition) is 0. The van der Waals surface area contributed by atoms with Gasteiger partial charge in [-0.25, -0.2) is 0 Å². The number of benzene rings is 1. The first-order valence-corrected chi connectivity index (χ1v) is 9.24. The lowest BCUT2D eigenvalue weighted by Gasteiger charge is -2.17. The Balaban J connectivity index is 3.07. The van der Waals surface area contributed by atoms with Crippen molar-refractivity contribution in [3.63, 3.8) is 0 Å². The molecule has 1 radical (unpaired) electrons. The molecule has 0 N–H and O–H groups in total. The van der Waals surface area contributed by atoms with Crippen LogP contribution in [0.4, 0.5) is 0 Å². The van der Waals surface area contributed by atoms with Gasteiger partial charge in [-0.15, -0.1) is 0 Å². The first kappa shape index (κ1) is 18.3. The number of aryl methyl sites for hydroxylation is 3. The van der Waals surface area contributed by atoms with Crippen molar-refractivity contribution >= 4 is 0 Å². The van der Waals surface area contributed by atoms with Gasteiger partial charge in [0, 0.05) is 0 Å². The molecule has 0 saturated carbocycles. The molecular weight excluding hydrogens is 252 g/mol. The van der Waals surface area contributed by atoms with Crippen LogP contribution in [0.3, 0.4) is 0 Å². The van der Waals surface area contributed by atoms with E-state index < -0.39 is 0 Å². The van der Waals surface area contributed by atoms with Crippen LogP contribution in [0.1, 0.15) is 94.9 Å². The lowest BCUT2D eigenvalue weighted by molar-refractivity contribution is 0.759. The maximum atomic E-state index is 2.50. The molecule has 119 valence electrons. The summed E-state index contributed by atoms with van der Waals surface area (Å²) in [7, 11) is 0. The zero-order valence-corrected chi connectivity index (χ0v) is 14.8. The molecular formula is C21H35. The van der Waals surface area contributed by atoms with E-state index in [9.17, 15) is 0 Å². The van der Waals surface area contributed by atoms with Gasteiger partial charge in [-0.05, 0) is 73.6 Å². The fourth-order valence-corrected chi connectivity index (χ4v) is 2.99. The molecule has 0 aromatic heterocycles. The molecule has 0 aliphatic carbocycles. The molecule has 0 aliphatic heterocycles. The molecule has 0 bridgehead atoms. The van der Waals surface area contributed by atoms with Crippen LogP contribution < -0.4 is 0 Å². The average molecular weight is 288 g/mol. The minimum atomic E-state index is 1.15. The van der Waals surface area contributed by atoms with E-state index in [1.165, 1.54) is 57.8 Å². The lowest BCUT2D eigenvalue weighted by atomic mass is 9.88. The highest BCUT2D eigenvalue weighted by atomic mass is 14.2. The smallest absolute Gasteiger partial charge is 0.00901 e. The topological polar surface area (TPSA) is 0 Å². The summed E-state index contributed by atoms with van der Waals surface area (Å²) in [4.78, 5) is 0. The highest BCUT2D eigenvalue weighted by Gasteiger charge is 2.10. The van der Waals surface area contributed by atoms with Crippen molar-refractivity contribution in [2.24, 2.45) is 0 Å². The van der Waals surface area contributed by atoms with Gasteiger partial charge in [0.1, 0.15) is 0 Å². The number of rotatable bonds is 11. The van der Waals surface area contributed by atoms with Gasteiger partial charge in [-0.3, -0.25) is 0 Å². The van der Waals surface area contributed by atoms with E-state index in [0.717, 1.165) is 6.42 Å². The second kappa shape index (κ2) is 10.9. The fraction of sp³-hybridized carbons (Fsp3) is 0.667. The summed E-state index contributed by atoms with van der Waals surface area (Å²) in [6.45, 7) is 9.14. The Bertz CT molecular complexity index is 360. The van der Waals surface area contributed by atoms with E-state index >= 15 is 0 Å². The van der Waals surface area contributed by atoms with E-state index in [0.29, 0.717) is 0 Å². The molecule has 0 unspecified atom stereocenters. The molecule has 1 rings (SSSR count). The van der Waals surface area contributed by atoms with Crippen molar-refractivity contribution in [2.75, 3.05) is 0 Å². The van der Waals surface area contributed by atoms with Gasteiger partial charge < -0.3 is 0 Å². The highest BCUT2D eigenvalue weighted by molar-refractivity contribution is 5.44. The Labute approximate surface area is 133 Å². The minimum absolute atomic E-state index is 1.15. The second-order valence-corrected chi connectivity index (χ2v) is 6.25. The van der Waals surface area contributed by atoms with Gasteiger partial charge in [0.05, 0.1) is 0 Å². The highest BCUT2D eigenvalue weighted by Crippen LogP contribution is 2.25. The van der Waals surface area contributed by atoms with Crippen molar-refractivity contribution in [3.8, 4) is 0 Å². The van der Waals surface area contributed by atoms with E-state index in [1.54, 1.807) is 22.3 Å². The molecule has 0 nitrogen and oxygen atoms in total. The van der Waals surface area contributed by atoms with Crippen molar-refractivity contribution in [1.82, 2.24) is 0 Å². The summed E-state index contributed by atoms with van der Waals surface area (Å²) in [6, 6.07) is 5.00. The third kappa shape index (κ3) is 6.24. The van der Waals surface area contributed by atoms with Crippen LogP contribution in [0.2, 0.25) is 0 Å². The molecule has 0 amide bonds. The predicted octanol–water partition coefficient (Wildman–Crippen LogP) is 6.68. The van der Waals surface area contributed by atoms with E-state index in [2.05, 4.69) is 46.2 Å². The summed E-state index contributed by atoms with van der Waals surface area (Å²) >= 11 is 0. The van der Waals surface area contributed by atoms with Crippen LogP contribution in [0.5, 0.6) is 0 Å². The quantitative estimate of drug-likeness (QED) is 0.426. The number of unbranched alkanes of at least 4 members (excludes halogenated alkanes) is 3. The summed E-state index contributed by atoms with van der Waals surface area (Å²) in [5.74, 6) is 0. The Morgan fingerprint density at radius 2 is 1.19 bits per heavy atom. The monoisotopic (exact) mass is 287 g/mol. The van der Waals surface area contributed by atoms with Crippen LogP contribution in [0.15, 0.2) is 12.1 Å². The Kier molecular flexibility index (Phi) is 9.46. The predicted molar refractivity (Wildman–Crippen MR) is 96.0 cm³/mol. The maximum Gasteiger partial charge on any atom is -0.00901 e. The molecule has 0 saturated heterocycles. The van der Waals surface area contributed by atoms with Crippen LogP contribution in [-0.4, -0.2) is 0 Å². The number of hydrogen-bond donors (Lipinski definition) is 0. The largest absolute Gasteiger partial charge is 0.0654 e. The zero-order valence-electron chi connectivity index (χ0n) is 14.8. The molecule has 0 heterocycles. The molecule has 0 spiro atoms. The normalized spacial score (nSPS) is 11.0. The van der Waals surface area contributed by atoms with Gasteiger partial charge in [0.2, 0.25) is 0 Å². The van der Waals surface area contributed by atoms with Gasteiger partial charge in [0.15, 0.2) is 0 Å². The van der Waals surface area contributed by atoms with Crippen molar-refractivity contribution in [3.05, 3.63) is 40.8 Å². The summed E-state index contributed by atoms with van der Waals surface area (Å²) in [5, 5.41) is 0. The first-order chi connectivity index (χ1) is 10.3. The lowest BCUT2D eigenvalue weighted by Crippen LogP contribution is -2.03. The van der Waals surface area contributed by atoms with Gasteiger partial charge in [0.25, 0.3) is 0 Å². The fourth-order valence-electron chi connectivity index (χ4n) is 2.99. The molecule has 21 heavy (non-hydrogen) atoms.